The lowest BCUT2D eigenvalue weighted by molar-refractivity contribution is -0.0816. The minimum absolute atomic E-state index is 0.109. The van der Waals surface area contributed by atoms with Gasteiger partial charge in [0.2, 0.25) is 0 Å². The van der Waals surface area contributed by atoms with E-state index in [1.807, 2.05) is 24.3 Å². The minimum Gasteiger partial charge on any atom is -0.379 e. The summed E-state index contributed by atoms with van der Waals surface area (Å²) in [5.41, 5.74) is 5.95. The highest BCUT2D eigenvalue weighted by Crippen LogP contribution is 2.31. The van der Waals surface area contributed by atoms with E-state index in [4.69, 9.17) is 10.5 Å². The second-order valence-corrected chi connectivity index (χ2v) is 6.65. The van der Waals surface area contributed by atoms with Gasteiger partial charge in [0.1, 0.15) is 0 Å². The molecule has 1 aromatic rings. The SMILES string of the molecule is CC(C)Sc1ccc(C(=O)C2(CN)COC2)cc1. The molecule has 0 aromatic heterocycles. The normalized spacial score (nSPS) is 17.6. The van der Waals surface area contributed by atoms with E-state index in [0.717, 1.165) is 5.56 Å². The highest BCUT2D eigenvalue weighted by Gasteiger charge is 2.44. The lowest BCUT2D eigenvalue weighted by atomic mass is 9.78. The zero-order valence-corrected chi connectivity index (χ0v) is 11.6. The molecule has 1 aliphatic rings. The molecule has 1 heterocycles. The summed E-state index contributed by atoms with van der Waals surface area (Å²) in [6.07, 6.45) is 0. The van der Waals surface area contributed by atoms with Crippen molar-refractivity contribution in [3.05, 3.63) is 29.8 Å². The second kappa shape index (κ2) is 5.43. The predicted molar refractivity (Wildman–Crippen MR) is 74.1 cm³/mol. The van der Waals surface area contributed by atoms with Gasteiger partial charge in [-0.05, 0) is 12.1 Å². The second-order valence-electron chi connectivity index (χ2n) is 5.00. The molecule has 98 valence electrons. The summed E-state index contributed by atoms with van der Waals surface area (Å²) >= 11 is 1.79. The molecule has 3 nitrogen and oxygen atoms in total. The molecule has 1 aliphatic heterocycles. The van der Waals surface area contributed by atoms with Crippen molar-refractivity contribution < 1.29 is 9.53 Å². The molecule has 2 N–H and O–H groups in total. The fraction of sp³-hybridized carbons (Fsp3) is 0.500. The van der Waals surface area contributed by atoms with Crippen molar-refractivity contribution in [2.24, 2.45) is 11.1 Å². The first kappa shape index (κ1) is 13.6. The van der Waals surface area contributed by atoms with Gasteiger partial charge in [0.15, 0.2) is 5.78 Å². The van der Waals surface area contributed by atoms with Crippen LogP contribution in [0.1, 0.15) is 24.2 Å². The average molecular weight is 265 g/mol. The van der Waals surface area contributed by atoms with Gasteiger partial charge in [-0.1, -0.05) is 26.0 Å². The zero-order valence-electron chi connectivity index (χ0n) is 10.8. The summed E-state index contributed by atoms with van der Waals surface area (Å²) in [4.78, 5) is 13.5. The molecule has 0 spiro atoms. The predicted octanol–water partition coefficient (Wildman–Crippen LogP) is 2.35. The molecule has 2 rings (SSSR count). The minimum atomic E-state index is -0.479. The van der Waals surface area contributed by atoms with Gasteiger partial charge in [-0.15, -0.1) is 11.8 Å². The molecule has 0 amide bonds. The van der Waals surface area contributed by atoms with Gasteiger partial charge < -0.3 is 10.5 Å². The largest absolute Gasteiger partial charge is 0.379 e. The first-order chi connectivity index (χ1) is 8.57. The Bertz CT molecular complexity index is 418. The molecule has 0 radical (unpaired) electrons. The van der Waals surface area contributed by atoms with Gasteiger partial charge in [-0.2, -0.15) is 0 Å². The third-order valence-electron chi connectivity index (χ3n) is 3.12. The lowest BCUT2D eigenvalue weighted by Gasteiger charge is -2.38. The van der Waals surface area contributed by atoms with Crippen LogP contribution < -0.4 is 5.73 Å². The number of rotatable bonds is 5. The van der Waals surface area contributed by atoms with Crippen LogP contribution in [0.3, 0.4) is 0 Å². The van der Waals surface area contributed by atoms with E-state index in [9.17, 15) is 4.79 Å². The Kier molecular flexibility index (Phi) is 4.10. The number of hydrogen-bond acceptors (Lipinski definition) is 4. The summed E-state index contributed by atoms with van der Waals surface area (Å²) in [7, 11) is 0. The molecule has 0 unspecified atom stereocenters. The number of nitrogens with two attached hydrogens (primary N) is 1. The van der Waals surface area contributed by atoms with Crippen molar-refractivity contribution in [2.75, 3.05) is 19.8 Å². The van der Waals surface area contributed by atoms with E-state index < -0.39 is 5.41 Å². The summed E-state index contributed by atoms with van der Waals surface area (Å²) in [5.74, 6) is 0.109. The van der Waals surface area contributed by atoms with Crippen molar-refractivity contribution >= 4 is 17.5 Å². The Labute approximate surface area is 112 Å². The summed E-state index contributed by atoms with van der Waals surface area (Å²) < 4.78 is 5.14. The Morgan fingerprint density at radius 2 is 2.00 bits per heavy atom. The van der Waals surface area contributed by atoms with Gasteiger partial charge in [-0.25, -0.2) is 0 Å². The van der Waals surface area contributed by atoms with E-state index in [-0.39, 0.29) is 5.78 Å². The standard InChI is InChI=1S/C14H19NO2S/c1-10(2)18-12-5-3-11(4-6-12)13(16)14(7-15)8-17-9-14/h3-6,10H,7-9,15H2,1-2H3. The van der Waals surface area contributed by atoms with E-state index >= 15 is 0 Å². The first-order valence-corrected chi connectivity index (χ1v) is 7.05. The van der Waals surface area contributed by atoms with Crippen molar-refractivity contribution in [3.63, 3.8) is 0 Å². The summed E-state index contributed by atoms with van der Waals surface area (Å²) in [6, 6.07) is 7.79. The maximum absolute atomic E-state index is 12.3. The van der Waals surface area contributed by atoms with Crippen LogP contribution in [0.2, 0.25) is 0 Å². The fourth-order valence-corrected chi connectivity index (χ4v) is 2.79. The highest BCUT2D eigenvalue weighted by atomic mass is 32.2. The number of benzene rings is 1. The van der Waals surface area contributed by atoms with Gasteiger partial charge in [0.25, 0.3) is 0 Å². The van der Waals surface area contributed by atoms with Gasteiger partial charge in [-0.3, -0.25) is 4.79 Å². The molecule has 0 atom stereocenters. The van der Waals surface area contributed by atoms with Crippen molar-refractivity contribution in [1.29, 1.82) is 0 Å². The van der Waals surface area contributed by atoms with E-state index in [1.54, 1.807) is 11.8 Å². The number of hydrogen-bond donors (Lipinski definition) is 1. The number of ketones is 1. The lowest BCUT2D eigenvalue weighted by Crippen LogP contribution is -2.54. The zero-order chi connectivity index (χ0) is 13.2. The van der Waals surface area contributed by atoms with Crippen LogP contribution in [0.4, 0.5) is 0 Å². The van der Waals surface area contributed by atoms with Gasteiger partial charge in [0, 0.05) is 22.3 Å². The number of Topliss-reactive ketones (excluding diaryl/α,β-unsaturated/α-hetero) is 1. The highest BCUT2D eigenvalue weighted by molar-refractivity contribution is 7.99. The fourth-order valence-electron chi connectivity index (χ4n) is 1.95. The summed E-state index contributed by atoms with van der Waals surface area (Å²) in [6.45, 7) is 5.56. The van der Waals surface area contributed by atoms with Crippen LogP contribution in [0, 0.1) is 5.41 Å². The molecule has 0 aliphatic carbocycles. The molecule has 1 aromatic carbocycles. The van der Waals surface area contributed by atoms with Crippen LogP contribution in [-0.4, -0.2) is 30.8 Å². The molecule has 1 fully saturated rings. The van der Waals surface area contributed by atoms with Gasteiger partial charge in [0.05, 0.1) is 18.6 Å². The maximum Gasteiger partial charge on any atom is 0.174 e. The summed E-state index contributed by atoms with van der Waals surface area (Å²) in [5, 5.41) is 0.543. The number of ether oxygens (including phenoxy) is 1. The Balaban J connectivity index is 2.12. The quantitative estimate of drug-likeness (QED) is 0.656. The van der Waals surface area contributed by atoms with Crippen LogP contribution in [0.5, 0.6) is 0 Å². The van der Waals surface area contributed by atoms with Crippen LogP contribution in [-0.2, 0) is 4.74 Å². The molecule has 1 saturated heterocycles. The van der Waals surface area contributed by atoms with Crippen LogP contribution >= 0.6 is 11.8 Å². The maximum atomic E-state index is 12.3. The smallest absolute Gasteiger partial charge is 0.174 e. The number of thioether (sulfide) groups is 1. The third kappa shape index (κ3) is 2.60. The molecule has 0 bridgehead atoms. The molecular weight excluding hydrogens is 246 g/mol. The van der Waals surface area contributed by atoms with Crippen LogP contribution in [0.25, 0.3) is 0 Å². The first-order valence-electron chi connectivity index (χ1n) is 6.17. The van der Waals surface area contributed by atoms with Crippen LogP contribution in [0.15, 0.2) is 29.2 Å². The van der Waals surface area contributed by atoms with Crippen molar-refractivity contribution in [2.45, 2.75) is 24.0 Å². The van der Waals surface area contributed by atoms with Gasteiger partial charge >= 0.3 is 0 Å². The average Bonchev–Trinajstić information content (AvgIpc) is 2.28. The topological polar surface area (TPSA) is 52.3 Å². The molecule has 4 heteroatoms. The number of carbonyl (C=O) groups is 1. The van der Waals surface area contributed by atoms with Crippen molar-refractivity contribution in [3.8, 4) is 0 Å². The van der Waals surface area contributed by atoms with Crippen molar-refractivity contribution in [1.82, 2.24) is 0 Å². The Morgan fingerprint density at radius 1 is 1.39 bits per heavy atom. The molecular formula is C14H19NO2S. The van der Waals surface area contributed by atoms with E-state index in [1.165, 1.54) is 4.90 Å². The Morgan fingerprint density at radius 3 is 2.39 bits per heavy atom. The van der Waals surface area contributed by atoms with E-state index in [0.29, 0.717) is 25.0 Å². The van der Waals surface area contributed by atoms with E-state index in [2.05, 4.69) is 13.8 Å². The third-order valence-corrected chi connectivity index (χ3v) is 4.13. The molecule has 0 saturated carbocycles. The Hall–Kier alpha value is -0.840. The number of carbonyl (C=O) groups excluding carboxylic acids is 1. The molecule has 18 heavy (non-hydrogen) atoms. The monoisotopic (exact) mass is 265 g/mol.